The number of nitrogens with zero attached hydrogens (tertiary/aromatic N) is 4. The van der Waals surface area contributed by atoms with Gasteiger partial charge in [-0.05, 0) is 30.9 Å². The number of hydrogen-bond donors (Lipinski definition) is 4. The zero-order valence-corrected chi connectivity index (χ0v) is 19.6. The quantitative estimate of drug-likeness (QED) is 0.300. The van der Waals surface area contributed by atoms with Crippen LogP contribution in [0.1, 0.15) is 16.9 Å². The average Bonchev–Trinajstić information content (AvgIpc) is 3.46. The largest absolute Gasteiger partial charge is 0.494 e. The number of H-pyrrole nitrogens is 1. The molecule has 0 unspecified atom stereocenters. The van der Waals surface area contributed by atoms with Gasteiger partial charge in [-0.2, -0.15) is 5.10 Å². The minimum absolute atomic E-state index is 0.0196. The lowest BCUT2D eigenvalue weighted by atomic mass is 9.87. The molecule has 3 aromatic heterocycles. The maximum Gasteiger partial charge on any atom is 0.226 e. The molecule has 0 spiro atoms. The number of benzene rings is 1. The first kappa shape index (κ1) is 22.5. The van der Waals surface area contributed by atoms with Crippen LogP contribution in [0.25, 0.3) is 21.1 Å². The topological polar surface area (TPSA) is 136 Å². The molecule has 0 fully saturated rings. The highest BCUT2D eigenvalue weighted by molar-refractivity contribution is 7.19. The number of aryl methyl sites for hydroxylation is 1. The van der Waals surface area contributed by atoms with Crippen molar-refractivity contribution in [1.82, 2.24) is 25.1 Å². The highest BCUT2D eigenvalue weighted by atomic mass is 32.1. The summed E-state index contributed by atoms with van der Waals surface area (Å²) in [5.74, 6) is 1.18. The fourth-order valence-corrected chi connectivity index (χ4v) is 5.88. The molecular formula is C23H26N6O4S. The van der Waals surface area contributed by atoms with Crippen molar-refractivity contribution in [2.24, 2.45) is 5.92 Å². The van der Waals surface area contributed by atoms with Gasteiger partial charge in [-0.25, -0.2) is 9.97 Å². The van der Waals surface area contributed by atoms with Crippen LogP contribution in [0.4, 0.5) is 11.5 Å². The minimum atomic E-state index is -0.174. The monoisotopic (exact) mass is 482 g/mol. The summed E-state index contributed by atoms with van der Waals surface area (Å²) in [6, 6.07) is 3.86. The van der Waals surface area contributed by atoms with Crippen LogP contribution in [0.3, 0.4) is 0 Å². The predicted molar refractivity (Wildman–Crippen MR) is 130 cm³/mol. The lowest BCUT2D eigenvalue weighted by Crippen LogP contribution is -2.41. The maximum atomic E-state index is 13.0. The van der Waals surface area contributed by atoms with E-state index in [1.54, 1.807) is 35.9 Å². The molecule has 0 saturated heterocycles. The number of hydrogen-bond acceptors (Lipinski definition) is 9. The number of aliphatic hydroxyl groups excluding tert-OH is 2. The van der Waals surface area contributed by atoms with E-state index in [1.807, 2.05) is 12.1 Å². The molecule has 1 aliphatic carbocycles. The van der Waals surface area contributed by atoms with Gasteiger partial charge in [0.1, 0.15) is 22.7 Å². The van der Waals surface area contributed by atoms with E-state index in [9.17, 15) is 15.0 Å². The van der Waals surface area contributed by atoms with Crippen LogP contribution in [0, 0.1) is 5.92 Å². The van der Waals surface area contributed by atoms with E-state index in [2.05, 4.69) is 25.5 Å². The third-order valence-corrected chi connectivity index (χ3v) is 7.42. The first-order valence-electron chi connectivity index (χ1n) is 11.2. The number of amides is 1. The number of aliphatic hydroxyl groups is 2. The third-order valence-electron chi connectivity index (χ3n) is 6.26. The summed E-state index contributed by atoms with van der Waals surface area (Å²) in [5.41, 5.74) is 2.84. The van der Waals surface area contributed by atoms with Gasteiger partial charge in [-0.3, -0.25) is 9.89 Å². The Kier molecular flexibility index (Phi) is 6.31. The van der Waals surface area contributed by atoms with Gasteiger partial charge >= 0.3 is 0 Å². The lowest BCUT2D eigenvalue weighted by molar-refractivity contribution is -0.136. The second-order valence-corrected chi connectivity index (χ2v) is 9.34. The molecule has 1 atom stereocenters. The Bertz CT molecular complexity index is 1330. The molecule has 178 valence electrons. The van der Waals surface area contributed by atoms with Crippen LogP contribution >= 0.6 is 11.3 Å². The Hall–Kier alpha value is -3.28. The SMILES string of the molecule is COc1cc2[nH]ncc2cc1Nc1ncnc2sc3c(c12)CC[C@H](C(=O)N(CCO)CCO)C3. The fourth-order valence-electron chi connectivity index (χ4n) is 4.61. The smallest absolute Gasteiger partial charge is 0.226 e. The van der Waals surface area contributed by atoms with Crippen molar-refractivity contribution in [2.45, 2.75) is 19.3 Å². The molecule has 0 radical (unpaired) electrons. The average molecular weight is 483 g/mol. The summed E-state index contributed by atoms with van der Waals surface area (Å²) in [5, 5.41) is 31.0. The number of rotatable bonds is 8. The Morgan fingerprint density at radius 2 is 2.12 bits per heavy atom. The molecule has 11 heteroatoms. The van der Waals surface area contributed by atoms with E-state index in [0.29, 0.717) is 24.4 Å². The van der Waals surface area contributed by atoms with Gasteiger partial charge in [-0.15, -0.1) is 11.3 Å². The highest BCUT2D eigenvalue weighted by Crippen LogP contribution is 2.41. The molecule has 4 N–H and O–H groups in total. The molecule has 3 heterocycles. The van der Waals surface area contributed by atoms with E-state index in [-0.39, 0.29) is 38.1 Å². The second kappa shape index (κ2) is 9.53. The van der Waals surface area contributed by atoms with Gasteiger partial charge < -0.3 is 25.2 Å². The third kappa shape index (κ3) is 4.06. The number of methoxy groups -OCH3 is 1. The van der Waals surface area contributed by atoms with Crippen LogP contribution in [-0.4, -0.2) is 74.6 Å². The van der Waals surface area contributed by atoms with E-state index in [1.165, 1.54) is 5.56 Å². The molecule has 10 nitrogen and oxygen atoms in total. The number of carbonyl (C=O) groups excluding carboxylic acids is 1. The molecule has 0 aliphatic heterocycles. The molecule has 5 rings (SSSR count). The number of anilines is 2. The molecule has 1 amide bonds. The Balaban J connectivity index is 1.46. The number of fused-ring (bicyclic) bond motifs is 4. The van der Waals surface area contributed by atoms with Gasteiger partial charge in [0.15, 0.2) is 0 Å². The van der Waals surface area contributed by atoms with Gasteiger partial charge in [-0.1, -0.05) is 0 Å². The van der Waals surface area contributed by atoms with Gasteiger partial charge in [0.05, 0.1) is 43.1 Å². The van der Waals surface area contributed by atoms with Crippen LogP contribution < -0.4 is 10.1 Å². The minimum Gasteiger partial charge on any atom is -0.494 e. The zero-order chi connectivity index (χ0) is 23.7. The van der Waals surface area contributed by atoms with Crippen molar-refractivity contribution >= 4 is 49.9 Å². The van der Waals surface area contributed by atoms with Gasteiger partial charge in [0.25, 0.3) is 0 Å². The van der Waals surface area contributed by atoms with Crippen molar-refractivity contribution in [3.05, 3.63) is 35.1 Å². The van der Waals surface area contributed by atoms with Crippen molar-refractivity contribution in [3.8, 4) is 5.75 Å². The molecule has 34 heavy (non-hydrogen) atoms. The molecule has 1 aliphatic rings. The van der Waals surface area contributed by atoms with E-state index >= 15 is 0 Å². The van der Waals surface area contributed by atoms with Crippen molar-refractivity contribution in [1.29, 1.82) is 0 Å². The number of nitrogens with one attached hydrogen (secondary N) is 2. The van der Waals surface area contributed by atoms with Gasteiger partial charge in [0.2, 0.25) is 5.91 Å². The predicted octanol–water partition coefficient (Wildman–Crippen LogP) is 2.24. The first-order chi connectivity index (χ1) is 16.6. The highest BCUT2D eigenvalue weighted by Gasteiger charge is 2.31. The summed E-state index contributed by atoms with van der Waals surface area (Å²) in [4.78, 5) is 25.6. The summed E-state index contributed by atoms with van der Waals surface area (Å²) >= 11 is 1.59. The standard InChI is InChI=1S/C23H26N6O4S/c1-33-18-10-16-14(11-26-28-16)8-17(18)27-21-20-15-3-2-13(23(32)29(4-6-30)5-7-31)9-19(15)34-22(20)25-12-24-21/h8,10-13,30-31H,2-7,9H2,1H3,(H,26,28)(H,24,25,27)/t13-/m0/s1. The Labute approximate surface area is 199 Å². The molecular weight excluding hydrogens is 456 g/mol. The maximum absolute atomic E-state index is 13.0. The molecule has 1 aromatic carbocycles. The van der Waals surface area contributed by atoms with Crippen LogP contribution in [0.2, 0.25) is 0 Å². The van der Waals surface area contributed by atoms with Crippen LogP contribution in [0.15, 0.2) is 24.7 Å². The fraction of sp³-hybridized carbons (Fsp3) is 0.391. The van der Waals surface area contributed by atoms with Crippen LogP contribution in [0.5, 0.6) is 5.75 Å². The lowest BCUT2D eigenvalue weighted by Gasteiger charge is -2.28. The normalized spacial score (nSPS) is 15.4. The summed E-state index contributed by atoms with van der Waals surface area (Å²) in [7, 11) is 1.62. The number of aromatic amines is 1. The van der Waals surface area contributed by atoms with Crippen LogP contribution in [-0.2, 0) is 17.6 Å². The summed E-state index contributed by atoms with van der Waals surface area (Å²) in [6.45, 7) is 0.228. The summed E-state index contributed by atoms with van der Waals surface area (Å²) in [6.07, 6.45) is 5.35. The second-order valence-electron chi connectivity index (χ2n) is 8.25. The van der Waals surface area contributed by atoms with E-state index in [0.717, 1.165) is 38.1 Å². The van der Waals surface area contributed by atoms with Crippen molar-refractivity contribution < 1.29 is 19.7 Å². The number of carbonyl (C=O) groups is 1. The number of thiophene rings is 1. The van der Waals surface area contributed by atoms with E-state index < -0.39 is 0 Å². The van der Waals surface area contributed by atoms with Crippen molar-refractivity contribution in [3.63, 3.8) is 0 Å². The molecule has 0 saturated carbocycles. The number of aromatic nitrogens is 4. The first-order valence-corrected chi connectivity index (χ1v) is 12.0. The summed E-state index contributed by atoms with van der Waals surface area (Å²) < 4.78 is 5.57. The zero-order valence-electron chi connectivity index (χ0n) is 18.7. The Morgan fingerprint density at radius 1 is 1.29 bits per heavy atom. The van der Waals surface area contributed by atoms with Crippen molar-refractivity contribution in [2.75, 3.05) is 38.7 Å². The van der Waals surface area contributed by atoms with E-state index in [4.69, 9.17) is 4.74 Å². The van der Waals surface area contributed by atoms with Gasteiger partial charge in [0, 0.05) is 35.3 Å². The Morgan fingerprint density at radius 3 is 2.88 bits per heavy atom. The molecule has 4 aromatic rings. The number of ether oxygens (including phenoxy) is 1. The molecule has 0 bridgehead atoms.